The van der Waals surface area contributed by atoms with Crippen molar-refractivity contribution in [2.24, 2.45) is 11.1 Å². The third kappa shape index (κ3) is 6.45. The Bertz CT molecular complexity index is 1380. The third-order valence-electron chi connectivity index (χ3n) is 9.65. The molecule has 0 unspecified atom stereocenters. The second-order valence-corrected chi connectivity index (χ2v) is 13.5. The van der Waals surface area contributed by atoms with E-state index in [9.17, 15) is 14.4 Å². The van der Waals surface area contributed by atoms with Gasteiger partial charge in [-0.25, -0.2) is 4.79 Å². The number of fused-ring (bicyclic) bond motifs is 3. The van der Waals surface area contributed by atoms with E-state index >= 15 is 0 Å². The highest BCUT2D eigenvalue weighted by Gasteiger charge is 2.39. The summed E-state index contributed by atoms with van der Waals surface area (Å²) in [5.41, 5.74) is 12.4. The average Bonchev–Trinajstić information content (AvgIpc) is 3.54. The smallest absolute Gasteiger partial charge is 0.315 e. The average molecular weight is 591 g/mol. The van der Waals surface area contributed by atoms with Gasteiger partial charge < -0.3 is 31.0 Å². The first-order valence-corrected chi connectivity index (χ1v) is 16.0. The number of carbonyl (C=O) groups excluding carboxylic acids is 3. The number of hydrogen-bond acceptors (Lipinski definition) is 6. The Labute approximate surface area is 254 Å². The minimum absolute atomic E-state index is 0.0888. The van der Waals surface area contributed by atoms with Crippen molar-refractivity contribution in [1.82, 2.24) is 20.1 Å². The van der Waals surface area contributed by atoms with Crippen molar-refractivity contribution in [1.29, 1.82) is 0 Å². The molecule has 10 nitrogen and oxygen atoms in total. The zero-order valence-electron chi connectivity index (χ0n) is 25.6. The summed E-state index contributed by atoms with van der Waals surface area (Å²) in [6.07, 6.45) is 7.85. The first-order chi connectivity index (χ1) is 20.7. The van der Waals surface area contributed by atoms with Gasteiger partial charge in [-0.05, 0) is 80.5 Å². The van der Waals surface area contributed by atoms with Gasteiger partial charge in [0.05, 0.1) is 18.8 Å². The Morgan fingerprint density at radius 3 is 2.51 bits per heavy atom. The minimum Gasteiger partial charge on any atom is -0.382 e. The van der Waals surface area contributed by atoms with Crippen molar-refractivity contribution >= 4 is 23.4 Å². The van der Waals surface area contributed by atoms with E-state index in [2.05, 4.69) is 39.3 Å². The lowest BCUT2D eigenvalue weighted by Crippen LogP contribution is -2.47. The molecule has 6 rings (SSSR count). The SMILES string of the molecule is CC1(C)CC(=O)c2c3c(n(-c4ccc(C(N)=O)c(NC5CCC(NC(=O)NCCN6CCOCC6)CC5)c4)c2C1)CCC3. The van der Waals surface area contributed by atoms with Crippen LogP contribution in [0.25, 0.3) is 5.69 Å². The fourth-order valence-electron chi connectivity index (χ4n) is 7.54. The number of aromatic nitrogens is 1. The van der Waals surface area contributed by atoms with Crippen molar-refractivity contribution in [2.75, 3.05) is 44.7 Å². The number of benzene rings is 1. The summed E-state index contributed by atoms with van der Waals surface area (Å²) in [6.45, 7) is 9.11. The molecule has 232 valence electrons. The van der Waals surface area contributed by atoms with Gasteiger partial charge in [0.2, 0.25) is 0 Å². The first kappa shape index (κ1) is 29.7. The quantitative estimate of drug-likeness (QED) is 0.372. The van der Waals surface area contributed by atoms with Gasteiger partial charge in [0, 0.05) is 73.0 Å². The van der Waals surface area contributed by atoms with E-state index in [1.807, 2.05) is 18.2 Å². The maximum Gasteiger partial charge on any atom is 0.315 e. The number of hydrogen-bond donors (Lipinski definition) is 4. The minimum atomic E-state index is -0.464. The number of primary amides is 1. The molecule has 0 bridgehead atoms. The molecule has 10 heteroatoms. The molecule has 0 radical (unpaired) electrons. The van der Waals surface area contributed by atoms with Gasteiger partial charge in [-0.3, -0.25) is 14.5 Å². The van der Waals surface area contributed by atoms with Crippen LogP contribution in [0.15, 0.2) is 18.2 Å². The Kier molecular flexibility index (Phi) is 8.51. The van der Waals surface area contributed by atoms with Crippen molar-refractivity contribution in [2.45, 2.75) is 83.7 Å². The summed E-state index contributed by atoms with van der Waals surface area (Å²) < 4.78 is 7.68. The Hall–Kier alpha value is -3.37. The zero-order chi connectivity index (χ0) is 30.1. The molecule has 43 heavy (non-hydrogen) atoms. The molecule has 1 aromatic heterocycles. The number of ketones is 1. The molecule has 2 aromatic rings. The van der Waals surface area contributed by atoms with Crippen LogP contribution < -0.4 is 21.7 Å². The van der Waals surface area contributed by atoms with Gasteiger partial charge in [0.15, 0.2) is 5.78 Å². The molecule has 2 heterocycles. The predicted molar refractivity (Wildman–Crippen MR) is 166 cm³/mol. The summed E-state index contributed by atoms with van der Waals surface area (Å²) in [5.74, 6) is -0.208. The molecule has 1 aromatic carbocycles. The van der Waals surface area contributed by atoms with Crippen molar-refractivity contribution in [3.63, 3.8) is 0 Å². The number of nitrogens with zero attached hydrogens (tertiary/aromatic N) is 2. The van der Waals surface area contributed by atoms with Crippen LogP contribution in [0.2, 0.25) is 0 Å². The van der Waals surface area contributed by atoms with E-state index in [4.69, 9.17) is 10.5 Å². The van der Waals surface area contributed by atoms with Gasteiger partial charge in [-0.15, -0.1) is 0 Å². The molecule has 1 aliphatic heterocycles. The summed E-state index contributed by atoms with van der Waals surface area (Å²) in [5, 5.41) is 9.75. The van der Waals surface area contributed by atoms with Crippen LogP contribution >= 0.6 is 0 Å². The molecule has 2 fully saturated rings. The highest BCUT2D eigenvalue weighted by molar-refractivity contribution is 6.01. The normalized spacial score (nSPS) is 23.3. The van der Waals surface area contributed by atoms with Crippen LogP contribution in [0.3, 0.4) is 0 Å². The molecule has 3 amide bonds. The lowest BCUT2D eigenvalue weighted by atomic mass is 9.75. The van der Waals surface area contributed by atoms with Gasteiger partial charge in [0.1, 0.15) is 0 Å². The van der Waals surface area contributed by atoms with Gasteiger partial charge in [-0.1, -0.05) is 13.8 Å². The summed E-state index contributed by atoms with van der Waals surface area (Å²) in [6, 6.07) is 6.00. The lowest BCUT2D eigenvalue weighted by molar-refractivity contribution is 0.0387. The number of nitrogens with one attached hydrogen (secondary N) is 3. The number of anilines is 1. The Morgan fingerprint density at radius 2 is 1.77 bits per heavy atom. The standard InChI is InChI=1S/C33H46N6O4/c1-33(2)19-28-30(29(40)20-33)25-4-3-5-27(25)39(28)23-10-11-24(31(34)41)26(18-23)36-21-6-8-22(9-7-21)37-32(42)35-12-13-38-14-16-43-17-15-38/h10-11,18,21-22,36H,3-9,12-17,19-20H2,1-2H3,(H2,34,41)(H2,35,37,42). The van der Waals surface area contributed by atoms with Gasteiger partial charge >= 0.3 is 6.03 Å². The number of nitrogens with two attached hydrogens (primary N) is 1. The fraction of sp³-hybridized carbons (Fsp3) is 0.606. The molecular formula is C33H46N6O4. The van der Waals surface area contributed by atoms with E-state index in [0.717, 1.165) is 107 Å². The maximum atomic E-state index is 13.3. The molecule has 1 saturated heterocycles. The van der Waals surface area contributed by atoms with Crippen LogP contribution in [0.4, 0.5) is 10.5 Å². The van der Waals surface area contributed by atoms with Crippen molar-refractivity contribution in [3.8, 4) is 5.69 Å². The first-order valence-electron chi connectivity index (χ1n) is 16.0. The summed E-state index contributed by atoms with van der Waals surface area (Å²) in [4.78, 5) is 40.5. The fourth-order valence-corrected chi connectivity index (χ4v) is 7.54. The summed E-state index contributed by atoms with van der Waals surface area (Å²) >= 11 is 0. The Morgan fingerprint density at radius 1 is 1.02 bits per heavy atom. The van der Waals surface area contributed by atoms with E-state index in [-0.39, 0.29) is 29.3 Å². The maximum absolute atomic E-state index is 13.3. The van der Waals surface area contributed by atoms with Crippen LogP contribution in [0.1, 0.15) is 90.0 Å². The highest BCUT2D eigenvalue weighted by Crippen LogP contribution is 2.43. The molecule has 1 saturated carbocycles. The molecular weight excluding hydrogens is 544 g/mol. The highest BCUT2D eigenvalue weighted by atomic mass is 16.5. The van der Waals surface area contributed by atoms with Gasteiger partial charge in [-0.2, -0.15) is 0 Å². The Balaban J connectivity index is 1.12. The largest absolute Gasteiger partial charge is 0.382 e. The van der Waals surface area contributed by atoms with Crippen molar-refractivity contribution in [3.05, 3.63) is 46.3 Å². The number of amides is 3. The number of urea groups is 1. The van der Waals surface area contributed by atoms with E-state index in [1.165, 1.54) is 11.3 Å². The topological polar surface area (TPSA) is 131 Å². The van der Waals surface area contributed by atoms with Crippen LogP contribution in [0.5, 0.6) is 0 Å². The van der Waals surface area contributed by atoms with E-state index in [1.54, 1.807) is 0 Å². The second kappa shape index (κ2) is 12.3. The number of carbonyl (C=O) groups is 3. The zero-order valence-corrected chi connectivity index (χ0v) is 25.6. The van der Waals surface area contributed by atoms with Crippen LogP contribution in [-0.2, 0) is 24.0 Å². The number of morpholine rings is 1. The predicted octanol–water partition coefficient (Wildman–Crippen LogP) is 3.57. The van der Waals surface area contributed by atoms with Crippen LogP contribution in [0, 0.1) is 5.41 Å². The van der Waals surface area contributed by atoms with E-state index in [0.29, 0.717) is 18.5 Å². The monoisotopic (exact) mass is 590 g/mol. The number of Topliss-reactive ketones (excluding diaryl/α,β-unsaturated/α-hetero) is 1. The molecule has 0 atom stereocenters. The lowest BCUT2D eigenvalue weighted by Gasteiger charge is -2.32. The third-order valence-corrected chi connectivity index (χ3v) is 9.65. The van der Waals surface area contributed by atoms with E-state index < -0.39 is 5.91 Å². The summed E-state index contributed by atoms with van der Waals surface area (Å²) in [7, 11) is 0. The van der Waals surface area contributed by atoms with Crippen molar-refractivity contribution < 1.29 is 19.1 Å². The molecule has 4 aliphatic rings. The molecule has 0 spiro atoms. The molecule has 3 aliphatic carbocycles. The number of ether oxygens (including phenoxy) is 1. The molecule has 5 N–H and O–H groups in total. The van der Waals surface area contributed by atoms with Gasteiger partial charge in [0.25, 0.3) is 5.91 Å². The van der Waals surface area contributed by atoms with Crippen LogP contribution in [-0.4, -0.2) is 78.7 Å². The second-order valence-electron chi connectivity index (χ2n) is 13.5. The number of rotatable bonds is 8.